The Labute approximate surface area is 155 Å². The smallest absolute Gasteiger partial charge is 0.319 e. The number of nitrogens with one attached hydrogen (secondary N) is 2. The second-order valence-electron chi connectivity index (χ2n) is 6.28. The van der Waals surface area contributed by atoms with Crippen LogP contribution in [0.5, 0.6) is 0 Å². The molecule has 0 saturated carbocycles. The molecule has 1 aliphatic rings. The van der Waals surface area contributed by atoms with Crippen LogP contribution in [-0.2, 0) is 4.79 Å². The van der Waals surface area contributed by atoms with Gasteiger partial charge in [0.1, 0.15) is 0 Å². The molecule has 1 fully saturated rings. The second kappa shape index (κ2) is 7.27. The SMILES string of the molecule is Cc1ccc(N2CC(NC(=O)Nc3ccc(Br)cc3)CC2=O)cc1C. The monoisotopic (exact) mass is 401 g/mol. The molecular weight excluding hydrogens is 382 g/mol. The van der Waals surface area contributed by atoms with Gasteiger partial charge in [-0.05, 0) is 61.4 Å². The van der Waals surface area contributed by atoms with E-state index in [4.69, 9.17) is 0 Å². The van der Waals surface area contributed by atoms with Crippen molar-refractivity contribution in [3.8, 4) is 0 Å². The first kappa shape index (κ1) is 17.5. The maximum absolute atomic E-state index is 12.3. The fraction of sp³-hybridized carbons (Fsp3) is 0.263. The summed E-state index contributed by atoms with van der Waals surface area (Å²) in [7, 11) is 0. The summed E-state index contributed by atoms with van der Waals surface area (Å²) in [5.74, 6) is 0.0252. The van der Waals surface area contributed by atoms with Gasteiger partial charge in [-0.1, -0.05) is 22.0 Å². The fourth-order valence-corrected chi connectivity index (χ4v) is 3.10. The number of carbonyl (C=O) groups excluding carboxylic acids is 2. The first-order chi connectivity index (χ1) is 11.9. The highest BCUT2D eigenvalue weighted by Gasteiger charge is 2.31. The van der Waals surface area contributed by atoms with Gasteiger partial charge in [0.2, 0.25) is 5.91 Å². The molecule has 0 spiro atoms. The standard InChI is InChI=1S/C19H20BrN3O2/c1-12-3-8-17(9-13(12)2)23-11-16(10-18(23)24)22-19(25)21-15-6-4-14(20)5-7-15/h3-9,16H,10-11H2,1-2H3,(H2,21,22,25). The fourth-order valence-electron chi connectivity index (χ4n) is 2.83. The molecule has 1 atom stereocenters. The molecule has 25 heavy (non-hydrogen) atoms. The molecule has 1 unspecified atom stereocenters. The minimum absolute atomic E-state index is 0.0252. The first-order valence-corrected chi connectivity index (χ1v) is 8.92. The molecule has 0 radical (unpaired) electrons. The second-order valence-corrected chi connectivity index (χ2v) is 7.19. The van der Waals surface area contributed by atoms with Gasteiger partial charge in [0.15, 0.2) is 0 Å². The zero-order chi connectivity index (χ0) is 18.0. The quantitative estimate of drug-likeness (QED) is 0.816. The number of aryl methyl sites for hydroxylation is 2. The van der Waals surface area contributed by atoms with Gasteiger partial charge in [-0.2, -0.15) is 0 Å². The average molecular weight is 402 g/mol. The van der Waals surface area contributed by atoms with Crippen molar-refractivity contribution in [1.82, 2.24) is 5.32 Å². The summed E-state index contributed by atoms with van der Waals surface area (Å²) >= 11 is 3.36. The Morgan fingerprint density at radius 3 is 2.52 bits per heavy atom. The van der Waals surface area contributed by atoms with Gasteiger partial charge in [0, 0.05) is 28.8 Å². The molecule has 2 aromatic rings. The predicted molar refractivity (Wildman–Crippen MR) is 103 cm³/mol. The molecule has 1 saturated heterocycles. The van der Waals surface area contributed by atoms with Crippen LogP contribution >= 0.6 is 15.9 Å². The molecular formula is C19H20BrN3O2. The van der Waals surface area contributed by atoms with Crippen LogP contribution < -0.4 is 15.5 Å². The summed E-state index contributed by atoms with van der Waals surface area (Å²) in [4.78, 5) is 26.2. The van der Waals surface area contributed by atoms with Crippen molar-refractivity contribution in [1.29, 1.82) is 0 Å². The molecule has 1 aliphatic heterocycles. The maximum atomic E-state index is 12.3. The van der Waals surface area contributed by atoms with E-state index in [2.05, 4.69) is 26.6 Å². The largest absolute Gasteiger partial charge is 0.333 e. The molecule has 2 aromatic carbocycles. The van der Waals surface area contributed by atoms with E-state index in [1.54, 1.807) is 4.90 Å². The average Bonchev–Trinajstić information content (AvgIpc) is 2.92. The Kier molecular flexibility index (Phi) is 5.08. The van der Waals surface area contributed by atoms with E-state index in [0.717, 1.165) is 15.7 Å². The van der Waals surface area contributed by atoms with E-state index >= 15 is 0 Å². The number of halogens is 1. The van der Waals surface area contributed by atoms with E-state index in [-0.39, 0.29) is 18.0 Å². The highest BCUT2D eigenvalue weighted by molar-refractivity contribution is 9.10. The van der Waals surface area contributed by atoms with Gasteiger partial charge in [-0.3, -0.25) is 4.79 Å². The van der Waals surface area contributed by atoms with Crippen LogP contribution in [0.3, 0.4) is 0 Å². The van der Waals surface area contributed by atoms with Crippen LogP contribution in [0.4, 0.5) is 16.2 Å². The lowest BCUT2D eigenvalue weighted by Gasteiger charge is -2.18. The Hall–Kier alpha value is -2.34. The lowest BCUT2D eigenvalue weighted by molar-refractivity contribution is -0.117. The Balaban J connectivity index is 1.61. The van der Waals surface area contributed by atoms with Gasteiger partial charge >= 0.3 is 6.03 Å². The molecule has 3 amide bonds. The van der Waals surface area contributed by atoms with Crippen LogP contribution in [0.25, 0.3) is 0 Å². The summed E-state index contributed by atoms with van der Waals surface area (Å²) in [6.45, 7) is 4.55. The highest BCUT2D eigenvalue weighted by atomic mass is 79.9. The topological polar surface area (TPSA) is 61.4 Å². The number of carbonyl (C=O) groups is 2. The summed E-state index contributed by atoms with van der Waals surface area (Å²) in [6, 6.07) is 12.8. The zero-order valence-electron chi connectivity index (χ0n) is 14.2. The number of benzene rings is 2. The number of anilines is 2. The third-order valence-electron chi connectivity index (χ3n) is 4.36. The van der Waals surface area contributed by atoms with Crippen LogP contribution in [0.2, 0.25) is 0 Å². The normalized spacial score (nSPS) is 16.8. The molecule has 2 N–H and O–H groups in total. The molecule has 5 nitrogen and oxygen atoms in total. The van der Waals surface area contributed by atoms with Crippen molar-refractivity contribution >= 4 is 39.2 Å². The van der Waals surface area contributed by atoms with Crippen LogP contribution in [-0.4, -0.2) is 24.5 Å². The molecule has 3 rings (SSSR count). The minimum Gasteiger partial charge on any atom is -0.333 e. The minimum atomic E-state index is -0.304. The number of amides is 3. The van der Waals surface area contributed by atoms with Gasteiger partial charge < -0.3 is 15.5 Å². The van der Waals surface area contributed by atoms with Crippen LogP contribution in [0, 0.1) is 13.8 Å². The molecule has 0 bridgehead atoms. The summed E-state index contributed by atoms with van der Waals surface area (Å²) < 4.78 is 0.948. The third kappa shape index (κ3) is 4.20. The van der Waals surface area contributed by atoms with E-state index in [0.29, 0.717) is 18.7 Å². The molecule has 0 aliphatic carbocycles. The van der Waals surface area contributed by atoms with Crippen molar-refractivity contribution in [3.63, 3.8) is 0 Å². The number of nitrogens with zero attached hydrogens (tertiary/aromatic N) is 1. The molecule has 130 valence electrons. The van der Waals surface area contributed by atoms with E-state index in [1.807, 2.05) is 56.3 Å². The van der Waals surface area contributed by atoms with E-state index in [9.17, 15) is 9.59 Å². The number of rotatable bonds is 3. The lowest BCUT2D eigenvalue weighted by atomic mass is 10.1. The van der Waals surface area contributed by atoms with Gasteiger partial charge in [-0.25, -0.2) is 4.79 Å². The number of urea groups is 1. The van der Waals surface area contributed by atoms with Crippen LogP contribution in [0.15, 0.2) is 46.9 Å². The summed E-state index contributed by atoms with van der Waals surface area (Å²) in [6.07, 6.45) is 0.306. The highest BCUT2D eigenvalue weighted by Crippen LogP contribution is 2.24. The first-order valence-electron chi connectivity index (χ1n) is 8.13. The van der Waals surface area contributed by atoms with Gasteiger partial charge in [0.25, 0.3) is 0 Å². The Morgan fingerprint density at radius 2 is 1.84 bits per heavy atom. The summed E-state index contributed by atoms with van der Waals surface area (Å²) in [5, 5.41) is 5.66. The van der Waals surface area contributed by atoms with Crippen molar-refractivity contribution < 1.29 is 9.59 Å². The van der Waals surface area contributed by atoms with Crippen molar-refractivity contribution in [2.45, 2.75) is 26.3 Å². The third-order valence-corrected chi connectivity index (χ3v) is 4.89. The van der Waals surface area contributed by atoms with Gasteiger partial charge in [0.05, 0.1) is 6.04 Å². The maximum Gasteiger partial charge on any atom is 0.319 e. The zero-order valence-corrected chi connectivity index (χ0v) is 15.8. The number of hydrogen-bond acceptors (Lipinski definition) is 2. The van der Waals surface area contributed by atoms with Crippen LogP contribution in [0.1, 0.15) is 17.5 Å². The van der Waals surface area contributed by atoms with Crippen molar-refractivity contribution in [2.24, 2.45) is 0 Å². The molecule has 0 aromatic heterocycles. The molecule has 6 heteroatoms. The predicted octanol–water partition coefficient (Wildman–Crippen LogP) is 3.99. The summed E-state index contributed by atoms with van der Waals surface area (Å²) in [5.41, 5.74) is 3.93. The Morgan fingerprint density at radius 1 is 1.12 bits per heavy atom. The van der Waals surface area contributed by atoms with Crippen molar-refractivity contribution in [3.05, 3.63) is 58.1 Å². The number of hydrogen-bond donors (Lipinski definition) is 2. The molecule has 1 heterocycles. The Bertz CT molecular complexity index is 805. The lowest BCUT2D eigenvalue weighted by Crippen LogP contribution is -2.39. The van der Waals surface area contributed by atoms with Crippen molar-refractivity contribution in [2.75, 3.05) is 16.8 Å². The van der Waals surface area contributed by atoms with Gasteiger partial charge in [-0.15, -0.1) is 0 Å². The van der Waals surface area contributed by atoms with E-state index < -0.39 is 0 Å². The van der Waals surface area contributed by atoms with E-state index in [1.165, 1.54) is 5.56 Å².